The zero-order valence-corrected chi connectivity index (χ0v) is 9.87. The summed E-state index contributed by atoms with van der Waals surface area (Å²) >= 11 is 0. The average Bonchev–Trinajstić information content (AvgIpc) is 2.95. The molecule has 2 atom stereocenters. The van der Waals surface area contributed by atoms with E-state index in [1.54, 1.807) is 6.92 Å². The molecule has 0 amide bonds. The van der Waals surface area contributed by atoms with Gasteiger partial charge in [0.05, 0.1) is 11.0 Å². The van der Waals surface area contributed by atoms with Gasteiger partial charge in [0, 0.05) is 6.54 Å². The van der Waals surface area contributed by atoms with Gasteiger partial charge in [-0.25, -0.2) is 4.39 Å². The number of nitrogens with one attached hydrogen (secondary N) is 1. The zero-order chi connectivity index (χ0) is 12.6. The third-order valence-electron chi connectivity index (χ3n) is 3.30. The fourth-order valence-electron chi connectivity index (χ4n) is 1.89. The van der Waals surface area contributed by atoms with Gasteiger partial charge in [0.15, 0.2) is 0 Å². The molecule has 0 spiro atoms. The van der Waals surface area contributed by atoms with E-state index in [4.69, 9.17) is 0 Å². The van der Waals surface area contributed by atoms with Crippen LogP contribution >= 0.6 is 0 Å². The maximum atomic E-state index is 13.3. The lowest BCUT2D eigenvalue weighted by atomic mass is 10.1. The van der Waals surface area contributed by atoms with Crippen LogP contribution in [0.3, 0.4) is 0 Å². The van der Waals surface area contributed by atoms with Gasteiger partial charge < -0.3 is 5.32 Å². The van der Waals surface area contributed by atoms with Crippen molar-refractivity contribution in [2.75, 3.05) is 11.9 Å². The number of rotatable bonds is 4. The summed E-state index contributed by atoms with van der Waals surface area (Å²) in [5.41, 5.74) is 0.636. The van der Waals surface area contributed by atoms with E-state index < -0.39 is 10.7 Å². The summed E-state index contributed by atoms with van der Waals surface area (Å²) in [5, 5.41) is 13.9. The molecule has 1 aromatic carbocycles. The lowest BCUT2D eigenvalue weighted by molar-refractivity contribution is -0.384. The SMILES string of the molecule is Cc1cc(NCC2CC2C)c([N+](=O)[O-])cc1F. The molecular weight excluding hydrogens is 223 g/mol. The molecule has 0 saturated heterocycles. The predicted octanol–water partition coefficient (Wildman–Crippen LogP) is 3.11. The van der Waals surface area contributed by atoms with Gasteiger partial charge in [-0.3, -0.25) is 10.1 Å². The van der Waals surface area contributed by atoms with E-state index in [0.717, 1.165) is 12.5 Å². The van der Waals surface area contributed by atoms with E-state index in [1.165, 1.54) is 6.07 Å². The highest BCUT2D eigenvalue weighted by Crippen LogP contribution is 2.38. The van der Waals surface area contributed by atoms with Crippen LogP contribution in [-0.4, -0.2) is 11.5 Å². The van der Waals surface area contributed by atoms with Gasteiger partial charge in [-0.05, 0) is 36.8 Å². The highest BCUT2D eigenvalue weighted by molar-refractivity contribution is 5.63. The molecule has 1 N–H and O–H groups in total. The Hall–Kier alpha value is -1.65. The number of halogens is 1. The molecule has 0 heterocycles. The maximum Gasteiger partial charge on any atom is 0.295 e. The summed E-state index contributed by atoms with van der Waals surface area (Å²) in [5.74, 6) is 0.727. The first-order chi connectivity index (χ1) is 7.99. The normalized spacial score (nSPS) is 22.3. The molecule has 1 aliphatic carbocycles. The molecule has 4 nitrogen and oxygen atoms in total. The van der Waals surface area contributed by atoms with E-state index in [0.29, 0.717) is 29.6 Å². The van der Waals surface area contributed by atoms with E-state index >= 15 is 0 Å². The Morgan fingerprint density at radius 2 is 2.24 bits per heavy atom. The quantitative estimate of drug-likeness (QED) is 0.647. The Bertz CT molecular complexity index is 462. The van der Waals surface area contributed by atoms with Crippen LogP contribution in [0.1, 0.15) is 18.9 Å². The highest BCUT2D eigenvalue weighted by atomic mass is 19.1. The van der Waals surface area contributed by atoms with Gasteiger partial charge in [-0.1, -0.05) is 6.92 Å². The van der Waals surface area contributed by atoms with Crippen molar-refractivity contribution in [1.82, 2.24) is 0 Å². The number of nitrogens with zero attached hydrogens (tertiary/aromatic N) is 1. The minimum absolute atomic E-state index is 0.193. The number of anilines is 1. The van der Waals surface area contributed by atoms with Gasteiger partial charge in [-0.2, -0.15) is 0 Å². The topological polar surface area (TPSA) is 55.2 Å². The predicted molar refractivity (Wildman–Crippen MR) is 63.6 cm³/mol. The van der Waals surface area contributed by atoms with Crippen molar-refractivity contribution in [3.63, 3.8) is 0 Å². The Labute approximate surface area is 99.0 Å². The first-order valence-corrected chi connectivity index (χ1v) is 5.67. The molecule has 92 valence electrons. The van der Waals surface area contributed by atoms with Crippen molar-refractivity contribution in [3.05, 3.63) is 33.6 Å². The van der Waals surface area contributed by atoms with Crippen LogP contribution in [0.4, 0.5) is 15.8 Å². The minimum Gasteiger partial charge on any atom is -0.379 e. The largest absolute Gasteiger partial charge is 0.379 e. The number of nitro benzene ring substituents is 1. The molecule has 0 aromatic heterocycles. The lowest BCUT2D eigenvalue weighted by Crippen LogP contribution is -2.07. The van der Waals surface area contributed by atoms with Gasteiger partial charge in [-0.15, -0.1) is 0 Å². The molecule has 0 radical (unpaired) electrons. The Morgan fingerprint density at radius 3 is 2.76 bits per heavy atom. The molecule has 2 rings (SSSR count). The summed E-state index contributed by atoms with van der Waals surface area (Å²) in [6, 6.07) is 2.48. The third-order valence-corrected chi connectivity index (χ3v) is 3.30. The standard InChI is InChI=1S/C12H15FN2O2/c1-7-3-9(7)6-14-11-4-8(2)10(13)5-12(11)15(16)17/h4-5,7,9,14H,3,6H2,1-2H3. The molecule has 17 heavy (non-hydrogen) atoms. The van der Waals surface area contributed by atoms with Gasteiger partial charge >= 0.3 is 0 Å². The Morgan fingerprint density at radius 1 is 1.59 bits per heavy atom. The second kappa shape index (κ2) is 4.31. The third kappa shape index (κ3) is 2.54. The zero-order valence-electron chi connectivity index (χ0n) is 9.87. The molecule has 5 heteroatoms. The highest BCUT2D eigenvalue weighted by Gasteiger charge is 2.32. The Balaban J connectivity index is 2.18. The molecule has 1 saturated carbocycles. The monoisotopic (exact) mass is 238 g/mol. The molecule has 1 aromatic rings. The van der Waals surface area contributed by atoms with E-state index in [9.17, 15) is 14.5 Å². The van der Waals surface area contributed by atoms with Crippen LogP contribution in [0.2, 0.25) is 0 Å². The second-order valence-electron chi connectivity index (χ2n) is 4.73. The minimum atomic E-state index is -0.554. The smallest absolute Gasteiger partial charge is 0.295 e. The van der Waals surface area contributed by atoms with Crippen molar-refractivity contribution < 1.29 is 9.31 Å². The summed E-state index contributed by atoms with van der Waals surface area (Å²) in [7, 11) is 0. The van der Waals surface area contributed by atoms with Crippen molar-refractivity contribution in [2.24, 2.45) is 11.8 Å². The van der Waals surface area contributed by atoms with Crippen LogP contribution < -0.4 is 5.32 Å². The van der Waals surface area contributed by atoms with E-state index in [-0.39, 0.29) is 5.69 Å². The van der Waals surface area contributed by atoms with Gasteiger partial charge in [0.2, 0.25) is 0 Å². The Kier molecular flexibility index (Phi) is 3.00. The first kappa shape index (κ1) is 11.8. The fraction of sp³-hybridized carbons (Fsp3) is 0.500. The molecular formula is C12H15FN2O2. The molecule has 1 aliphatic rings. The second-order valence-corrected chi connectivity index (χ2v) is 4.73. The number of hydrogen-bond acceptors (Lipinski definition) is 3. The van der Waals surface area contributed by atoms with Crippen LogP contribution in [0, 0.1) is 34.7 Å². The first-order valence-electron chi connectivity index (χ1n) is 5.67. The molecule has 2 unspecified atom stereocenters. The summed E-state index contributed by atoms with van der Waals surface area (Å²) in [6.45, 7) is 4.47. The van der Waals surface area contributed by atoms with Crippen LogP contribution in [0.25, 0.3) is 0 Å². The average molecular weight is 238 g/mol. The van der Waals surface area contributed by atoms with Crippen LogP contribution in [0.15, 0.2) is 12.1 Å². The molecule has 1 fully saturated rings. The summed E-state index contributed by atoms with van der Waals surface area (Å²) in [6.07, 6.45) is 1.15. The van der Waals surface area contributed by atoms with Crippen molar-refractivity contribution in [2.45, 2.75) is 20.3 Å². The summed E-state index contributed by atoms with van der Waals surface area (Å²) < 4.78 is 13.3. The van der Waals surface area contributed by atoms with Crippen molar-refractivity contribution >= 4 is 11.4 Å². The van der Waals surface area contributed by atoms with Gasteiger partial charge in [0.25, 0.3) is 5.69 Å². The number of benzene rings is 1. The van der Waals surface area contributed by atoms with Crippen LogP contribution in [-0.2, 0) is 0 Å². The van der Waals surface area contributed by atoms with E-state index in [2.05, 4.69) is 12.2 Å². The van der Waals surface area contributed by atoms with Crippen molar-refractivity contribution in [1.29, 1.82) is 0 Å². The lowest BCUT2D eigenvalue weighted by Gasteiger charge is -2.08. The number of aryl methyl sites for hydroxylation is 1. The number of nitro groups is 1. The van der Waals surface area contributed by atoms with E-state index in [1.807, 2.05) is 0 Å². The molecule has 0 bridgehead atoms. The fourth-order valence-corrected chi connectivity index (χ4v) is 1.89. The maximum absolute atomic E-state index is 13.3. The number of hydrogen-bond donors (Lipinski definition) is 1. The van der Waals surface area contributed by atoms with Gasteiger partial charge in [0.1, 0.15) is 11.5 Å². The summed E-state index contributed by atoms with van der Waals surface area (Å²) in [4.78, 5) is 10.3. The molecule has 0 aliphatic heterocycles. The van der Waals surface area contributed by atoms with Crippen LogP contribution in [0.5, 0.6) is 0 Å². The van der Waals surface area contributed by atoms with Crippen molar-refractivity contribution in [3.8, 4) is 0 Å².